The number of carbonyl (C=O) groups is 3. The van der Waals surface area contributed by atoms with Crippen molar-refractivity contribution in [1.82, 2.24) is 30.2 Å². The van der Waals surface area contributed by atoms with Gasteiger partial charge in [-0.05, 0) is 28.3 Å². The molecule has 61 heavy (non-hydrogen) atoms. The van der Waals surface area contributed by atoms with E-state index in [1.807, 2.05) is 55.5 Å². The number of carbonyl (C=O) groups excluding carboxylic acids is 3. The van der Waals surface area contributed by atoms with Crippen LogP contribution < -0.4 is 0 Å². The summed E-state index contributed by atoms with van der Waals surface area (Å²) in [6, 6.07) is 15.4. The average molecular weight is 875 g/mol. The first-order chi connectivity index (χ1) is 29.4. The van der Waals surface area contributed by atoms with Gasteiger partial charge >= 0.3 is 18.1 Å². The van der Waals surface area contributed by atoms with Gasteiger partial charge in [-0.15, -0.1) is 30.4 Å². The number of benzene rings is 2. The summed E-state index contributed by atoms with van der Waals surface area (Å²) in [5.74, 6) is -0.784. The molecule has 0 bridgehead atoms. The summed E-state index contributed by atoms with van der Waals surface area (Å²) in [7, 11) is 0. The summed E-state index contributed by atoms with van der Waals surface area (Å²) in [6.45, 7) is 1.15. The molecule has 4 aromatic rings. The summed E-state index contributed by atoms with van der Waals surface area (Å²) >= 11 is 6.53. The molecule has 2 aromatic carbocycles. The molecule has 2 fully saturated rings. The molecule has 2 aliphatic heterocycles. The third kappa shape index (κ3) is 11.6. The fraction of sp³-hybridized carbons (Fsp3) is 0.472. The van der Waals surface area contributed by atoms with Crippen LogP contribution in [0.25, 0.3) is 22.5 Å². The van der Waals surface area contributed by atoms with Crippen LogP contribution in [0.4, 0.5) is 4.79 Å². The molecule has 2 aliphatic rings. The Morgan fingerprint density at radius 1 is 0.967 bits per heavy atom. The van der Waals surface area contributed by atoms with E-state index < -0.39 is 84.9 Å². The van der Waals surface area contributed by atoms with Crippen LogP contribution in [-0.2, 0) is 60.6 Å². The highest BCUT2D eigenvalue weighted by atomic mass is 35.5. The van der Waals surface area contributed by atoms with E-state index >= 15 is 0 Å². The van der Waals surface area contributed by atoms with Crippen LogP contribution in [0.1, 0.15) is 48.6 Å². The number of H-pyrrole nitrogens is 1. The number of unbranched alkanes of at least 4 members (excludes halogenated alkanes) is 1. The second kappa shape index (κ2) is 20.7. The number of nitrogens with one attached hydrogen (secondary N) is 1. The molecule has 2 saturated heterocycles. The standard InChI is InChI=1S/C36H39ClN8O16/c1-3-4-9-28-38-33(37)30(43(28)14-21-10-12-22(13-11-21)24-7-5-6-8-25(24)34-39-41-42-40-34)35(47)57-20(2)58-36(48)60-27-18-55-31-26(17-54-32(27)31)59-29(46)19-53-15-23(61-45(51)52)16-56-44(49)50/h5-8,10-13,20,23,26-27,31-32H,3-4,9,14-19H2,1-2H3,(H,39,40,41,42)/t20?,23?,26-,27+,31?,32?/m1/s1. The highest BCUT2D eigenvalue weighted by Crippen LogP contribution is 2.32. The van der Waals surface area contributed by atoms with E-state index in [4.69, 9.17) is 44.8 Å². The number of hydrogen-bond acceptors (Lipinski definition) is 20. The highest BCUT2D eigenvalue weighted by molar-refractivity contribution is 6.32. The van der Waals surface area contributed by atoms with Crippen LogP contribution in [0.3, 0.4) is 0 Å². The van der Waals surface area contributed by atoms with E-state index in [1.54, 1.807) is 4.57 Å². The first-order valence-corrected chi connectivity index (χ1v) is 19.1. The number of esters is 2. The lowest BCUT2D eigenvalue weighted by atomic mass is 9.98. The fourth-order valence-electron chi connectivity index (χ4n) is 6.54. The van der Waals surface area contributed by atoms with Crippen LogP contribution in [0, 0.1) is 20.2 Å². The number of hydrogen-bond donors (Lipinski definition) is 1. The van der Waals surface area contributed by atoms with Gasteiger partial charge in [-0.2, -0.15) is 5.21 Å². The Balaban J connectivity index is 1.01. The van der Waals surface area contributed by atoms with Gasteiger partial charge in [-0.25, -0.2) is 19.4 Å². The lowest BCUT2D eigenvalue weighted by Crippen LogP contribution is -2.37. The van der Waals surface area contributed by atoms with Gasteiger partial charge in [0.2, 0.25) is 12.1 Å². The minimum atomic E-state index is -1.49. The summed E-state index contributed by atoms with van der Waals surface area (Å²) < 4.78 is 39.4. The maximum absolute atomic E-state index is 13.6. The number of tetrazole rings is 1. The number of aromatic amines is 1. The number of imidazole rings is 1. The molecule has 0 spiro atoms. The predicted octanol–water partition coefficient (Wildman–Crippen LogP) is 3.31. The van der Waals surface area contributed by atoms with Gasteiger partial charge in [-0.1, -0.05) is 73.5 Å². The number of fused-ring (bicyclic) bond motifs is 1. The summed E-state index contributed by atoms with van der Waals surface area (Å²) in [5, 5.41) is 32.9. The minimum absolute atomic E-state index is 0.0333. The lowest BCUT2D eigenvalue weighted by molar-refractivity contribution is -0.790. The van der Waals surface area contributed by atoms with Crippen LogP contribution in [0.5, 0.6) is 0 Å². The summed E-state index contributed by atoms with van der Waals surface area (Å²) in [5.41, 5.74) is 3.40. The number of aromatic nitrogens is 6. The largest absolute Gasteiger partial charge is 0.511 e. The lowest BCUT2D eigenvalue weighted by Gasteiger charge is -2.19. The molecule has 4 heterocycles. The molecule has 25 heteroatoms. The van der Waals surface area contributed by atoms with Gasteiger partial charge in [-0.3, -0.25) is 0 Å². The second-order valence-electron chi connectivity index (χ2n) is 13.4. The van der Waals surface area contributed by atoms with Gasteiger partial charge in [0.15, 0.2) is 29.2 Å². The second-order valence-corrected chi connectivity index (χ2v) is 13.8. The van der Waals surface area contributed by atoms with Crippen molar-refractivity contribution in [3.8, 4) is 22.5 Å². The SMILES string of the molecule is CCCCc1nc(Cl)c(C(=O)OC(C)OC(=O)O[C@H]2COC3C2OC[C@H]3OC(=O)COCC(CO[N+](=O)[O-])O[N+](=O)[O-])n1Cc1ccc(-c2ccccc2-c2nn[nH]n2)cc1. The molecule has 24 nitrogen and oxygen atoms in total. The monoisotopic (exact) mass is 874 g/mol. The van der Waals surface area contributed by atoms with E-state index in [0.29, 0.717) is 18.1 Å². The Labute approximate surface area is 349 Å². The molecule has 0 radical (unpaired) electrons. The Kier molecular flexibility index (Phi) is 14.9. The van der Waals surface area contributed by atoms with E-state index in [1.165, 1.54) is 6.92 Å². The number of nitrogens with zero attached hydrogens (tertiary/aromatic N) is 7. The Bertz CT molecular complexity index is 2160. The Morgan fingerprint density at radius 3 is 2.33 bits per heavy atom. The zero-order chi connectivity index (χ0) is 43.5. The van der Waals surface area contributed by atoms with Gasteiger partial charge < -0.3 is 47.4 Å². The smallest absolute Gasteiger partial charge is 0.455 e. The average Bonchev–Trinajstić information content (AvgIpc) is 4.03. The quantitative estimate of drug-likeness (QED) is 0.0413. The molecule has 4 unspecified atom stereocenters. The third-order valence-electron chi connectivity index (χ3n) is 9.22. The fourth-order valence-corrected chi connectivity index (χ4v) is 6.81. The summed E-state index contributed by atoms with van der Waals surface area (Å²) in [4.78, 5) is 72.5. The minimum Gasteiger partial charge on any atom is -0.455 e. The Morgan fingerprint density at radius 2 is 1.67 bits per heavy atom. The normalized spacial score (nSPS) is 19.0. The van der Waals surface area contributed by atoms with Crippen LogP contribution in [0.15, 0.2) is 48.5 Å². The van der Waals surface area contributed by atoms with Crippen molar-refractivity contribution in [1.29, 1.82) is 0 Å². The van der Waals surface area contributed by atoms with Crippen molar-refractivity contribution >= 4 is 29.7 Å². The zero-order valence-corrected chi connectivity index (χ0v) is 33.2. The Hall–Kier alpha value is -6.50. The molecule has 0 amide bonds. The van der Waals surface area contributed by atoms with Gasteiger partial charge in [0, 0.05) is 25.5 Å². The maximum Gasteiger partial charge on any atom is 0.511 e. The molecule has 6 rings (SSSR count). The molecule has 0 aliphatic carbocycles. The molecular weight excluding hydrogens is 836 g/mol. The number of aryl methyl sites for hydroxylation is 1. The third-order valence-corrected chi connectivity index (χ3v) is 9.49. The summed E-state index contributed by atoms with van der Waals surface area (Å²) in [6.07, 6.45) is -5.58. The molecule has 0 saturated carbocycles. The first-order valence-electron chi connectivity index (χ1n) is 18.7. The van der Waals surface area contributed by atoms with Crippen molar-refractivity contribution in [2.45, 2.75) is 76.5 Å². The van der Waals surface area contributed by atoms with Crippen molar-refractivity contribution < 1.29 is 67.4 Å². The van der Waals surface area contributed by atoms with Gasteiger partial charge in [0.25, 0.3) is 10.2 Å². The van der Waals surface area contributed by atoms with Crippen LogP contribution in [-0.4, -0.2) is 128 Å². The molecular formula is C36H39ClN8O16. The van der Waals surface area contributed by atoms with Gasteiger partial charge in [0.1, 0.15) is 31.2 Å². The van der Waals surface area contributed by atoms with Crippen molar-refractivity contribution in [2.75, 3.05) is 33.0 Å². The van der Waals surface area contributed by atoms with E-state index in [-0.39, 0.29) is 30.6 Å². The predicted molar refractivity (Wildman–Crippen MR) is 201 cm³/mol. The molecule has 2 aromatic heterocycles. The number of rotatable bonds is 21. The van der Waals surface area contributed by atoms with Crippen molar-refractivity contribution in [3.63, 3.8) is 0 Å². The van der Waals surface area contributed by atoms with E-state index in [9.17, 15) is 34.6 Å². The van der Waals surface area contributed by atoms with Crippen LogP contribution >= 0.6 is 11.6 Å². The van der Waals surface area contributed by atoms with E-state index in [2.05, 4.69) is 35.3 Å². The first kappa shape index (κ1) is 44.1. The van der Waals surface area contributed by atoms with Gasteiger partial charge in [0.05, 0.1) is 19.8 Å². The number of ether oxygens (including phenoxy) is 7. The molecule has 6 atom stereocenters. The van der Waals surface area contributed by atoms with Crippen molar-refractivity contribution in [3.05, 3.63) is 91.0 Å². The molecule has 326 valence electrons. The van der Waals surface area contributed by atoms with Crippen LogP contribution in [0.2, 0.25) is 5.15 Å². The van der Waals surface area contributed by atoms with Crippen molar-refractivity contribution in [2.24, 2.45) is 0 Å². The molecule has 1 N–H and O–H groups in total. The highest BCUT2D eigenvalue weighted by Gasteiger charge is 2.51. The van der Waals surface area contributed by atoms with E-state index in [0.717, 1.165) is 35.1 Å². The number of halogens is 1. The maximum atomic E-state index is 13.6. The topological polar surface area (TPSA) is 293 Å². The zero-order valence-electron chi connectivity index (χ0n) is 32.5.